The summed E-state index contributed by atoms with van der Waals surface area (Å²) in [7, 11) is 0. The Morgan fingerprint density at radius 3 is 2.86 bits per heavy atom. The topological polar surface area (TPSA) is 55.1 Å². The van der Waals surface area contributed by atoms with Gasteiger partial charge in [-0.15, -0.1) is 0 Å². The van der Waals surface area contributed by atoms with Crippen molar-refractivity contribution in [2.45, 2.75) is 26.1 Å². The lowest BCUT2D eigenvalue weighted by atomic mass is 10.3. The summed E-state index contributed by atoms with van der Waals surface area (Å²) in [4.78, 5) is 10.9. The van der Waals surface area contributed by atoms with Crippen LogP contribution in [-0.4, -0.2) is 26.6 Å². The third-order valence-electron chi connectivity index (χ3n) is 1.92. The normalized spacial score (nSPS) is 10.4. The fraction of sp³-hybridized carbons (Fsp3) is 0.556. The molecule has 1 rings (SSSR count). The van der Waals surface area contributed by atoms with Crippen LogP contribution in [0.3, 0.4) is 0 Å². The highest BCUT2D eigenvalue weighted by Gasteiger charge is 2.15. The monoisotopic (exact) mass is 214 g/mol. The number of rotatable bonds is 5. The largest absolute Gasteiger partial charge is 0.478 e. The van der Waals surface area contributed by atoms with Crippen LogP contribution in [-0.2, 0) is 12.3 Å². The van der Waals surface area contributed by atoms with Crippen LogP contribution in [0.4, 0.5) is 0 Å². The predicted octanol–water partition coefficient (Wildman–Crippen LogP) is 1.85. The smallest absolute Gasteiger partial charge is 0.339 e. The maximum absolute atomic E-state index is 10.9. The van der Waals surface area contributed by atoms with E-state index in [4.69, 9.17) is 5.11 Å². The van der Waals surface area contributed by atoms with Gasteiger partial charge in [0.05, 0.1) is 11.9 Å². The average Bonchev–Trinajstić information content (AvgIpc) is 2.57. The van der Waals surface area contributed by atoms with Crippen molar-refractivity contribution in [2.24, 2.45) is 0 Å². The maximum Gasteiger partial charge on any atom is 0.339 e. The van der Waals surface area contributed by atoms with Gasteiger partial charge in [-0.2, -0.15) is 16.9 Å². The van der Waals surface area contributed by atoms with Crippen molar-refractivity contribution in [3.63, 3.8) is 0 Å². The van der Waals surface area contributed by atoms with Crippen LogP contribution in [0.15, 0.2) is 6.20 Å². The molecule has 1 aromatic heterocycles. The Morgan fingerprint density at radius 1 is 1.64 bits per heavy atom. The number of carboxylic acid groups (broad SMARTS) is 1. The van der Waals surface area contributed by atoms with Crippen molar-refractivity contribution in [1.29, 1.82) is 0 Å². The third kappa shape index (κ3) is 2.29. The van der Waals surface area contributed by atoms with Gasteiger partial charge in [-0.1, -0.05) is 6.92 Å². The van der Waals surface area contributed by atoms with Crippen molar-refractivity contribution in [3.05, 3.63) is 17.5 Å². The molecule has 5 heteroatoms. The van der Waals surface area contributed by atoms with Gasteiger partial charge in [-0.05, 0) is 12.7 Å². The summed E-state index contributed by atoms with van der Waals surface area (Å²) in [6, 6.07) is 0. The lowest BCUT2D eigenvalue weighted by Crippen LogP contribution is -2.06. The third-order valence-corrected chi connectivity index (χ3v) is 2.81. The number of hydrogen-bond donors (Lipinski definition) is 1. The molecule has 0 aliphatic carbocycles. The number of thioether (sulfide) groups is 1. The quantitative estimate of drug-likeness (QED) is 0.812. The molecule has 0 aliphatic rings. The Morgan fingerprint density at radius 2 is 2.36 bits per heavy atom. The van der Waals surface area contributed by atoms with Crippen molar-refractivity contribution in [3.8, 4) is 0 Å². The number of nitrogens with zero attached hydrogens (tertiary/aromatic N) is 2. The molecular weight excluding hydrogens is 200 g/mol. The summed E-state index contributed by atoms with van der Waals surface area (Å²) in [5, 5.41) is 12.9. The number of carboxylic acids is 1. The second kappa shape index (κ2) is 5.05. The first-order chi connectivity index (χ1) is 6.70. The van der Waals surface area contributed by atoms with E-state index in [2.05, 4.69) is 12.0 Å². The van der Waals surface area contributed by atoms with Crippen molar-refractivity contribution >= 4 is 17.7 Å². The van der Waals surface area contributed by atoms with E-state index in [9.17, 15) is 4.79 Å². The molecule has 0 spiro atoms. The number of carbonyl (C=O) groups is 1. The summed E-state index contributed by atoms with van der Waals surface area (Å²) >= 11 is 1.70. The van der Waals surface area contributed by atoms with E-state index in [0.717, 1.165) is 11.4 Å². The molecule has 0 amide bonds. The Kier molecular flexibility index (Phi) is 4.00. The lowest BCUT2D eigenvalue weighted by molar-refractivity contribution is 0.0696. The van der Waals surface area contributed by atoms with Crippen molar-refractivity contribution in [1.82, 2.24) is 9.78 Å². The van der Waals surface area contributed by atoms with E-state index in [0.29, 0.717) is 17.9 Å². The summed E-state index contributed by atoms with van der Waals surface area (Å²) in [6.07, 6.45) is 1.43. The summed E-state index contributed by atoms with van der Waals surface area (Å²) < 4.78 is 1.74. The average molecular weight is 214 g/mol. The van der Waals surface area contributed by atoms with Gasteiger partial charge in [0.1, 0.15) is 5.56 Å². The molecule has 0 saturated carbocycles. The lowest BCUT2D eigenvalue weighted by Gasteiger charge is -2.04. The zero-order chi connectivity index (χ0) is 10.6. The Bertz CT molecular complexity index is 323. The Labute approximate surface area is 87.3 Å². The molecule has 0 unspecified atom stereocenters. The summed E-state index contributed by atoms with van der Waals surface area (Å²) in [5.74, 6) is 0.802. The molecule has 1 aromatic rings. The van der Waals surface area contributed by atoms with Gasteiger partial charge < -0.3 is 5.11 Å². The molecule has 0 bridgehead atoms. The van der Waals surface area contributed by atoms with E-state index in [1.54, 1.807) is 16.4 Å². The highest BCUT2D eigenvalue weighted by atomic mass is 32.2. The molecular formula is C9H14N2O2S. The van der Waals surface area contributed by atoms with Crippen LogP contribution in [0.25, 0.3) is 0 Å². The van der Waals surface area contributed by atoms with E-state index in [1.165, 1.54) is 6.20 Å². The highest BCUT2D eigenvalue weighted by molar-refractivity contribution is 7.98. The van der Waals surface area contributed by atoms with Crippen LogP contribution in [0.2, 0.25) is 0 Å². The first-order valence-corrected chi connectivity index (χ1v) is 5.71. The minimum absolute atomic E-state index is 0.327. The molecule has 0 atom stereocenters. The fourth-order valence-corrected chi connectivity index (χ4v) is 1.91. The van der Waals surface area contributed by atoms with Gasteiger partial charge in [0.2, 0.25) is 0 Å². The Balaban J connectivity index is 2.93. The number of aromatic carboxylic acids is 1. The molecule has 1 heterocycles. The van der Waals surface area contributed by atoms with Gasteiger partial charge >= 0.3 is 5.97 Å². The van der Waals surface area contributed by atoms with Crippen LogP contribution in [0, 0.1) is 0 Å². The van der Waals surface area contributed by atoms with Crippen LogP contribution >= 0.6 is 11.8 Å². The highest BCUT2D eigenvalue weighted by Crippen LogP contribution is 2.16. The van der Waals surface area contributed by atoms with Gasteiger partial charge in [-0.25, -0.2) is 4.79 Å². The first-order valence-electron chi connectivity index (χ1n) is 4.56. The van der Waals surface area contributed by atoms with Crippen LogP contribution in [0.1, 0.15) is 29.9 Å². The summed E-state index contributed by atoms with van der Waals surface area (Å²) in [5.41, 5.74) is 1.14. The van der Waals surface area contributed by atoms with Crippen LogP contribution < -0.4 is 0 Å². The zero-order valence-corrected chi connectivity index (χ0v) is 9.17. The maximum atomic E-state index is 10.9. The zero-order valence-electron chi connectivity index (χ0n) is 8.36. The van der Waals surface area contributed by atoms with E-state index in [1.807, 2.05) is 6.92 Å². The van der Waals surface area contributed by atoms with Gasteiger partial charge in [0.15, 0.2) is 0 Å². The van der Waals surface area contributed by atoms with Crippen molar-refractivity contribution in [2.75, 3.05) is 5.75 Å². The van der Waals surface area contributed by atoms with Crippen molar-refractivity contribution < 1.29 is 9.90 Å². The molecule has 0 fully saturated rings. The van der Waals surface area contributed by atoms with E-state index >= 15 is 0 Å². The molecule has 0 radical (unpaired) electrons. The number of aromatic nitrogens is 2. The SMILES string of the molecule is CCSCc1c(C(=O)O)cnn1CC. The fourth-order valence-electron chi connectivity index (χ4n) is 1.21. The number of aryl methyl sites for hydroxylation is 1. The van der Waals surface area contributed by atoms with Crippen LogP contribution in [0.5, 0.6) is 0 Å². The second-order valence-electron chi connectivity index (χ2n) is 2.76. The molecule has 1 N–H and O–H groups in total. The molecule has 4 nitrogen and oxygen atoms in total. The van der Waals surface area contributed by atoms with Gasteiger partial charge in [0, 0.05) is 12.3 Å². The molecule has 78 valence electrons. The minimum Gasteiger partial charge on any atom is -0.478 e. The molecule has 14 heavy (non-hydrogen) atoms. The predicted molar refractivity (Wildman–Crippen MR) is 56.7 cm³/mol. The van der Waals surface area contributed by atoms with E-state index in [-0.39, 0.29) is 0 Å². The second-order valence-corrected chi connectivity index (χ2v) is 4.04. The van der Waals surface area contributed by atoms with Gasteiger partial charge in [-0.3, -0.25) is 4.68 Å². The first kappa shape index (κ1) is 11.1. The van der Waals surface area contributed by atoms with E-state index < -0.39 is 5.97 Å². The molecule has 0 aliphatic heterocycles. The minimum atomic E-state index is -0.892. The standard InChI is InChI=1S/C9H14N2O2S/c1-3-11-8(6-14-4-2)7(5-10-11)9(12)13/h5H,3-4,6H2,1-2H3,(H,12,13). The molecule has 0 saturated heterocycles. The summed E-state index contributed by atoms with van der Waals surface area (Å²) in [6.45, 7) is 4.73. The Hall–Kier alpha value is -0.970. The number of hydrogen-bond acceptors (Lipinski definition) is 3. The van der Waals surface area contributed by atoms with Gasteiger partial charge in [0.25, 0.3) is 0 Å². The molecule has 0 aromatic carbocycles.